The van der Waals surface area contributed by atoms with Gasteiger partial charge in [0, 0.05) is 19.2 Å². The highest BCUT2D eigenvalue weighted by Gasteiger charge is 2.27. The molecule has 0 saturated heterocycles. The van der Waals surface area contributed by atoms with Gasteiger partial charge in [-0.05, 0) is 46.7 Å². The maximum atomic E-state index is 13.7. The minimum absolute atomic E-state index is 0.0410. The van der Waals surface area contributed by atoms with Crippen LogP contribution in [0.25, 0.3) is 0 Å². The fourth-order valence-corrected chi connectivity index (χ4v) is 4.25. The van der Waals surface area contributed by atoms with Crippen LogP contribution in [0, 0.1) is 0 Å². The molecule has 0 atom stereocenters. The quantitative estimate of drug-likeness (QED) is 0.343. The lowest BCUT2D eigenvalue weighted by molar-refractivity contribution is 0.0791. The van der Waals surface area contributed by atoms with Gasteiger partial charge in [0.05, 0.1) is 5.56 Å². The van der Waals surface area contributed by atoms with Crippen LogP contribution in [0.15, 0.2) is 96.6 Å². The van der Waals surface area contributed by atoms with Crippen molar-refractivity contribution in [3.8, 4) is 11.5 Å². The summed E-state index contributed by atoms with van der Waals surface area (Å²) >= 11 is 0. The van der Waals surface area contributed by atoms with Crippen molar-refractivity contribution < 1.29 is 14.3 Å². The van der Waals surface area contributed by atoms with Crippen molar-refractivity contribution in [3.05, 3.63) is 119 Å². The second-order valence-electron chi connectivity index (χ2n) is 9.26. The Hall–Kier alpha value is -3.79. The first-order chi connectivity index (χ1) is 17.0. The molecule has 3 aromatic carbocycles. The minimum atomic E-state index is -0.0410. The van der Waals surface area contributed by atoms with E-state index in [4.69, 9.17) is 9.47 Å². The van der Waals surface area contributed by atoms with Crippen LogP contribution in [0.5, 0.6) is 11.5 Å². The van der Waals surface area contributed by atoms with E-state index in [2.05, 4.69) is 27.4 Å². The summed E-state index contributed by atoms with van der Waals surface area (Å²) in [6, 6.07) is 23.9. The first-order valence-electron chi connectivity index (χ1n) is 12.1. The van der Waals surface area contributed by atoms with Gasteiger partial charge in [0.1, 0.15) is 24.7 Å². The lowest BCUT2D eigenvalue weighted by Crippen LogP contribution is -2.30. The Labute approximate surface area is 208 Å². The third-order valence-electron chi connectivity index (χ3n) is 6.31. The number of ether oxygens (including phenoxy) is 2. The fourth-order valence-electron chi connectivity index (χ4n) is 4.25. The average Bonchev–Trinajstić information content (AvgIpc) is 3.27. The Balaban J connectivity index is 1.67. The third kappa shape index (κ3) is 5.83. The van der Waals surface area contributed by atoms with E-state index in [1.54, 1.807) is 0 Å². The van der Waals surface area contributed by atoms with E-state index < -0.39 is 0 Å². The molecule has 35 heavy (non-hydrogen) atoms. The van der Waals surface area contributed by atoms with Crippen molar-refractivity contribution in [2.45, 2.75) is 39.9 Å². The number of carbonyl (C=O) groups excluding carboxylic acids is 1. The predicted octanol–water partition coefficient (Wildman–Crippen LogP) is 6.93. The van der Waals surface area contributed by atoms with Crippen LogP contribution in [0.3, 0.4) is 0 Å². The lowest BCUT2D eigenvalue weighted by atomic mass is 9.98. The number of rotatable bonds is 9. The van der Waals surface area contributed by atoms with Crippen molar-refractivity contribution in [2.24, 2.45) is 0 Å². The summed E-state index contributed by atoms with van der Waals surface area (Å²) in [5.41, 5.74) is 5.96. The van der Waals surface area contributed by atoms with Crippen LogP contribution in [0.2, 0.25) is 0 Å². The molecule has 0 fully saturated rings. The van der Waals surface area contributed by atoms with Crippen molar-refractivity contribution in [2.75, 3.05) is 13.1 Å². The number of hydrogen-bond donors (Lipinski definition) is 0. The molecular formula is C31H33NO3. The molecule has 3 aromatic rings. The molecule has 1 aliphatic heterocycles. The number of benzene rings is 3. The zero-order valence-electron chi connectivity index (χ0n) is 20.8. The standard InChI is InChI=1S/C31H33NO3/c1-5-26-19-32(18-23(26)4)31(33)28-16-27(22(2)3)29(34-20-24-12-8-6-9-13-24)17-30(28)35-21-25-14-10-7-11-15-25/h5-17,22H,1,18-21H2,2-4H3. The molecule has 0 N–H and O–H groups in total. The van der Waals surface area contributed by atoms with E-state index >= 15 is 0 Å². The number of nitrogens with zero attached hydrogens (tertiary/aromatic N) is 1. The van der Waals surface area contributed by atoms with Crippen molar-refractivity contribution in [1.82, 2.24) is 4.90 Å². The average molecular weight is 468 g/mol. The Morgan fingerprint density at radius 2 is 1.49 bits per heavy atom. The molecule has 1 aliphatic rings. The van der Waals surface area contributed by atoms with Gasteiger partial charge in [-0.2, -0.15) is 0 Å². The molecule has 180 valence electrons. The lowest BCUT2D eigenvalue weighted by Gasteiger charge is -2.22. The van der Waals surface area contributed by atoms with Crippen LogP contribution < -0.4 is 9.47 Å². The van der Waals surface area contributed by atoms with Crippen molar-refractivity contribution >= 4 is 5.91 Å². The van der Waals surface area contributed by atoms with Crippen LogP contribution in [-0.4, -0.2) is 23.9 Å². The highest BCUT2D eigenvalue weighted by molar-refractivity contribution is 5.98. The molecule has 0 saturated carbocycles. The first-order valence-corrected chi connectivity index (χ1v) is 12.1. The minimum Gasteiger partial charge on any atom is -0.488 e. The Morgan fingerprint density at radius 3 is 2.00 bits per heavy atom. The maximum Gasteiger partial charge on any atom is 0.258 e. The summed E-state index contributed by atoms with van der Waals surface area (Å²) < 4.78 is 12.5. The van der Waals surface area contributed by atoms with Gasteiger partial charge in [-0.3, -0.25) is 4.79 Å². The maximum absolute atomic E-state index is 13.7. The summed E-state index contributed by atoms with van der Waals surface area (Å²) in [7, 11) is 0. The summed E-state index contributed by atoms with van der Waals surface area (Å²) in [6.07, 6.45) is 1.84. The van der Waals surface area contributed by atoms with E-state index in [0.717, 1.165) is 28.0 Å². The van der Waals surface area contributed by atoms with Gasteiger partial charge in [0.15, 0.2) is 0 Å². The fraction of sp³-hybridized carbons (Fsp3) is 0.258. The number of hydrogen-bond acceptors (Lipinski definition) is 3. The van der Waals surface area contributed by atoms with Gasteiger partial charge in [0.2, 0.25) is 0 Å². The number of amides is 1. The van der Waals surface area contributed by atoms with Crippen LogP contribution >= 0.6 is 0 Å². The molecule has 0 aliphatic carbocycles. The number of carbonyl (C=O) groups is 1. The van der Waals surface area contributed by atoms with E-state index in [-0.39, 0.29) is 11.8 Å². The molecule has 1 heterocycles. The van der Waals surface area contributed by atoms with E-state index in [0.29, 0.717) is 37.6 Å². The van der Waals surface area contributed by atoms with Crippen LogP contribution in [-0.2, 0) is 13.2 Å². The molecule has 4 rings (SSSR count). The van der Waals surface area contributed by atoms with Crippen LogP contribution in [0.4, 0.5) is 0 Å². The second-order valence-corrected chi connectivity index (χ2v) is 9.26. The highest BCUT2D eigenvalue weighted by Crippen LogP contribution is 2.36. The molecule has 0 unspecified atom stereocenters. The molecule has 0 radical (unpaired) electrons. The summed E-state index contributed by atoms with van der Waals surface area (Å²) in [5.74, 6) is 1.42. The predicted molar refractivity (Wildman–Crippen MR) is 141 cm³/mol. The molecular weight excluding hydrogens is 434 g/mol. The molecule has 4 heteroatoms. The smallest absolute Gasteiger partial charge is 0.258 e. The first kappa shape index (κ1) is 24.3. The van der Waals surface area contributed by atoms with E-state index in [1.165, 1.54) is 5.57 Å². The largest absolute Gasteiger partial charge is 0.488 e. The topological polar surface area (TPSA) is 38.8 Å². The summed E-state index contributed by atoms with van der Waals surface area (Å²) in [4.78, 5) is 15.5. The summed E-state index contributed by atoms with van der Waals surface area (Å²) in [6.45, 7) is 12.2. The van der Waals surface area contributed by atoms with Gasteiger partial charge in [0.25, 0.3) is 5.91 Å². The SMILES string of the molecule is C=CC1=C(C)CN(C(=O)c2cc(C(C)C)c(OCc3ccccc3)cc2OCc2ccccc2)C1. The molecule has 1 amide bonds. The van der Waals surface area contributed by atoms with Gasteiger partial charge in [-0.15, -0.1) is 0 Å². The van der Waals surface area contributed by atoms with Crippen molar-refractivity contribution in [3.63, 3.8) is 0 Å². The van der Waals surface area contributed by atoms with Crippen molar-refractivity contribution in [1.29, 1.82) is 0 Å². The highest BCUT2D eigenvalue weighted by atomic mass is 16.5. The zero-order chi connectivity index (χ0) is 24.8. The second kappa shape index (κ2) is 11.1. The zero-order valence-corrected chi connectivity index (χ0v) is 20.8. The molecule has 0 bridgehead atoms. The van der Waals surface area contributed by atoms with Crippen LogP contribution in [0.1, 0.15) is 53.7 Å². The van der Waals surface area contributed by atoms with Gasteiger partial charge in [-0.1, -0.05) is 87.2 Å². The molecule has 4 nitrogen and oxygen atoms in total. The third-order valence-corrected chi connectivity index (χ3v) is 6.31. The molecule has 0 spiro atoms. The van der Waals surface area contributed by atoms with Gasteiger partial charge < -0.3 is 14.4 Å². The Kier molecular flexibility index (Phi) is 7.71. The Bertz CT molecular complexity index is 1210. The van der Waals surface area contributed by atoms with Gasteiger partial charge in [-0.25, -0.2) is 0 Å². The summed E-state index contributed by atoms with van der Waals surface area (Å²) in [5, 5.41) is 0. The van der Waals surface area contributed by atoms with E-state index in [9.17, 15) is 4.79 Å². The normalized spacial score (nSPS) is 13.3. The monoisotopic (exact) mass is 467 g/mol. The van der Waals surface area contributed by atoms with Gasteiger partial charge >= 0.3 is 0 Å². The molecule has 0 aromatic heterocycles. The van der Waals surface area contributed by atoms with E-state index in [1.807, 2.05) is 83.8 Å². The Morgan fingerprint density at radius 1 is 0.914 bits per heavy atom.